The monoisotopic (exact) mass is 308 g/mol. The molecule has 2 atom stereocenters. The number of aliphatic hydroxyl groups excluding tert-OH is 1. The van der Waals surface area contributed by atoms with Gasteiger partial charge in [-0.1, -0.05) is 12.1 Å². The molecule has 1 aromatic rings. The van der Waals surface area contributed by atoms with Crippen molar-refractivity contribution in [1.82, 2.24) is 10.6 Å². The van der Waals surface area contributed by atoms with Crippen molar-refractivity contribution in [2.45, 2.75) is 39.3 Å². The van der Waals surface area contributed by atoms with Crippen LogP contribution in [0, 0.1) is 0 Å². The Labute approximate surface area is 130 Å². The van der Waals surface area contributed by atoms with Gasteiger partial charge in [-0.05, 0) is 39.3 Å². The van der Waals surface area contributed by atoms with Gasteiger partial charge in [0.1, 0.15) is 5.75 Å². The summed E-state index contributed by atoms with van der Waals surface area (Å²) in [6, 6.07) is 6.73. The van der Waals surface area contributed by atoms with Crippen LogP contribution in [-0.2, 0) is 4.79 Å². The van der Waals surface area contributed by atoms with Crippen LogP contribution in [0.25, 0.3) is 0 Å². The normalized spacial score (nSPS) is 13.1. The third kappa shape index (κ3) is 6.13. The van der Waals surface area contributed by atoms with Crippen molar-refractivity contribution < 1.29 is 19.4 Å². The number of hydrogen-bond acceptors (Lipinski definition) is 4. The molecule has 0 bridgehead atoms. The maximum absolute atomic E-state index is 12.1. The molecule has 0 fully saturated rings. The van der Waals surface area contributed by atoms with Crippen LogP contribution in [0.3, 0.4) is 0 Å². The largest absolute Gasteiger partial charge is 0.493 e. The number of carbonyl (C=O) groups is 2. The van der Waals surface area contributed by atoms with Crippen LogP contribution in [0.5, 0.6) is 5.75 Å². The van der Waals surface area contributed by atoms with Gasteiger partial charge in [0.15, 0.2) is 0 Å². The molecular weight excluding hydrogens is 284 g/mol. The lowest BCUT2D eigenvalue weighted by Gasteiger charge is -2.16. The molecule has 0 radical (unpaired) electrons. The molecule has 0 unspecified atom stereocenters. The summed E-state index contributed by atoms with van der Waals surface area (Å²) in [5, 5.41) is 14.5. The number of ether oxygens (including phenoxy) is 1. The van der Waals surface area contributed by atoms with Gasteiger partial charge < -0.3 is 20.5 Å². The molecule has 3 N–H and O–H groups in total. The van der Waals surface area contributed by atoms with E-state index in [-0.39, 0.29) is 24.4 Å². The fourth-order valence-electron chi connectivity index (χ4n) is 2.09. The first-order valence-corrected chi connectivity index (χ1v) is 7.41. The molecule has 0 spiro atoms. The second kappa shape index (κ2) is 9.04. The van der Waals surface area contributed by atoms with Crippen LogP contribution < -0.4 is 15.4 Å². The molecule has 0 aliphatic carbocycles. The Balaban J connectivity index is 2.51. The summed E-state index contributed by atoms with van der Waals surface area (Å²) >= 11 is 0. The van der Waals surface area contributed by atoms with E-state index in [0.29, 0.717) is 24.3 Å². The molecule has 6 heteroatoms. The summed E-state index contributed by atoms with van der Waals surface area (Å²) in [7, 11) is 0. The molecule has 6 nitrogen and oxygen atoms in total. The number of nitrogens with one attached hydrogen (secondary N) is 2. The standard InChI is InChI=1S/C16H24N2O4/c1-4-22-14-8-6-5-7-13(14)16(21)17-10-15(20)18-11(2)9-12(3)19/h5-8,11-12,19H,4,9-10H2,1-3H3,(H,17,21)(H,18,20)/t11-,12+/m0/s1. The van der Waals surface area contributed by atoms with E-state index in [9.17, 15) is 14.7 Å². The van der Waals surface area contributed by atoms with Gasteiger partial charge >= 0.3 is 0 Å². The molecule has 0 saturated carbocycles. The number of aliphatic hydroxyl groups is 1. The number of carbonyl (C=O) groups excluding carboxylic acids is 2. The SMILES string of the molecule is CCOc1ccccc1C(=O)NCC(=O)N[C@@H](C)C[C@@H](C)O. The van der Waals surface area contributed by atoms with Crippen molar-refractivity contribution >= 4 is 11.8 Å². The first-order chi connectivity index (χ1) is 10.4. The highest BCUT2D eigenvalue weighted by molar-refractivity contribution is 5.98. The molecule has 1 rings (SSSR count). The molecule has 2 amide bonds. The fourth-order valence-corrected chi connectivity index (χ4v) is 2.09. The van der Waals surface area contributed by atoms with Crippen molar-refractivity contribution in [2.24, 2.45) is 0 Å². The topological polar surface area (TPSA) is 87.7 Å². The Kier molecular flexibility index (Phi) is 7.39. The van der Waals surface area contributed by atoms with Crippen LogP contribution in [0.2, 0.25) is 0 Å². The summed E-state index contributed by atoms with van der Waals surface area (Å²) in [6.45, 7) is 5.64. The molecule has 0 heterocycles. The van der Waals surface area contributed by atoms with Crippen LogP contribution in [-0.4, -0.2) is 42.2 Å². The highest BCUT2D eigenvalue weighted by atomic mass is 16.5. The second-order valence-electron chi connectivity index (χ2n) is 5.17. The minimum Gasteiger partial charge on any atom is -0.493 e. The third-order valence-electron chi connectivity index (χ3n) is 2.94. The lowest BCUT2D eigenvalue weighted by molar-refractivity contribution is -0.120. The molecule has 122 valence electrons. The van der Waals surface area contributed by atoms with Crippen LogP contribution in [0.4, 0.5) is 0 Å². The van der Waals surface area contributed by atoms with E-state index in [2.05, 4.69) is 10.6 Å². The van der Waals surface area contributed by atoms with E-state index in [1.807, 2.05) is 6.92 Å². The summed E-state index contributed by atoms with van der Waals surface area (Å²) < 4.78 is 5.38. The predicted octanol–water partition coefficient (Wildman–Crippen LogP) is 1.09. The number of para-hydroxylation sites is 1. The Morgan fingerprint density at radius 1 is 1.27 bits per heavy atom. The summed E-state index contributed by atoms with van der Waals surface area (Å²) in [5.74, 6) is -0.164. The summed E-state index contributed by atoms with van der Waals surface area (Å²) in [4.78, 5) is 23.8. The van der Waals surface area contributed by atoms with Gasteiger partial charge in [-0.15, -0.1) is 0 Å². The van der Waals surface area contributed by atoms with Crippen molar-refractivity contribution in [3.63, 3.8) is 0 Å². The lowest BCUT2D eigenvalue weighted by atomic mass is 10.1. The number of amides is 2. The first kappa shape index (κ1) is 18.0. The zero-order valence-corrected chi connectivity index (χ0v) is 13.3. The zero-order chi connectivity index (χ0) is 16.5. The highest BCUT2D eigenvalue weighted by Gasteiger charge is 2.14. The average Bonchev–Trinajstić information content (AvgIpc) is 2.44. The Morgan fingerprint density at radius 2 is 1.95 bits per heavy atom. The highest BCUT2D eigenvalue weighted by Crippen LogP contribution is 2.17. The molecular formula is C16H24N2O4. The van der Waals surface area contributed by atoms with E-state index in [0.717, 1.165) is 0 Å². The maximum Gasteiger partial charge on any atom is 0.255 e. The minimum absolute atomic E-state index is 0.122. The van der Waals surface area contributed by atoms with E-state index >= 15 is 0 Å². The van der Waals surface area contributed by atoms with Gasteiger partial charge in [0.2, 0.25) is 5.91 Å². The van der Waals surface area contributed by atoms with Crippen molar-refractivity contribution in [3.05, 3.63) is 29.8 Å². The Hall–Kier alpha value is -2.08. The lowest BCUT2D eigenvalue weighted by Crippen LogP contribution is -2.41. The Bertz CT molecular complexity index is 503. The number of rotatable bonds is 8. The van der Waals surface area contributed by atoms with Crippen molar-refractivity contribution in [2.75, 3.05) is 13.2 Å². The predicted molar refractivity (Wildman–Crippen MR) is 83.8 cm³/mol. The number of hydrogen-bond donors (Lipinski definition) is 3. The summed E-state index contributed by atoms with van der Waals surface area (Å²) in [6.07, 6.45) is -0.0182. The maximum atomic E-state index is 12.1. The van der Waals surface area contributed by atoms with Gasteiger partial charge in [-0.2, -0.15) is 0 Å². The van der Waals surface area contributed by atoms with Crippen LogP contribution in [0.1, 0.15) is 37.6 Å². The molecule has 0 aromatic heterocycles. The molecule has 0 saturated heterocycles. The molecule has 0 aliphatic heterocycles. The zero-order valence-electron chi connectivity index (χ0n) is 13.3. The Morgan fingerprint density at radius 3 is 2.59 bits per heavy atom. The van der Waals surface area contributed by atoms with Gasteiger partial charge in [-0.3, -0.25) is 9.59 Å². The fraction of sp³-hybridized carbons (Fsp3) is 0.500. The van der Waals surface area contributed by atoms with E-state index in [1.54, 1.807) is 38.1 Å². The quantitative estimate of drug-likeness (QED) is 0.671. The smallest absolute Gasteiger partial charge is 0.255 e. The van der Waals surface area contributed by atoms with Crippen molar-refractivity contribution in [1.29, 1.82) is 0 Å². The van der Waals surface area contributed by atoms with Crippen LogP contribution >= 0.6 is 0 Å². The summed E-state index contributed by atoms with van der Waals surface area (Å²) in [5.41, 5.74) is 0.397. The third-order valence-corrected chi connectivity index (χ3v) is 2.94. The number of benzene rings is 1. The van der Waals surface area contributed by atoms with E-state index < -0.39 is 6.10 Å². The minimum atomic E-state index is -0.483. The van der Waals surface area contributed by atoms with Crippen molar-refractivity contribution in [3.8, 4) is 5.75 Å². The van der Waals surface area contributed by atoms with Gasteiger partial charge in [0.25, 0.3) is 5.91 Å². The van der Waals surface area contributed by atoms with Crippen LogP contribution in [0.15, 0.2) is 24.3 Å². The second-order valence-corrected chi connectivity index (χ2v) is 5.17. The average molecular weight is 308 g/mol. The molecule has 0 aliphatic rings. The molecule has 22 heavy (non-hydrogen) atoms. The molecule has 1 aromatic carbocycles. The van der Waals surface area contributed by atoms with Gasteiger partial charge in [-0.25, -0.2) is 0 Å². The first-order valence-electron chi connectivity index (χ1n) is 7.41. The van der Waals surface area contributed by atoms with E-state index in [4.69, 9.17) is 4.74 Å². The van der Waals surface area contributed by atoms with Gasteiger partial charge in [0.05, 0.1) is 24.8 Å². The van der Waals surface area contributed by atoms with Gasteiger partial charge in [0, 0.05) is 6.04 Å². The van der Waals surface area contributed by atoms with E-state index in [1.165, 1.54) is 0 Å².